The third kappa shape index (κ3) is 3.29. The summed E-state index contributed by atoms with van der Waals surface area (Å²) in [5.74, 6) is -0.475. The van der Waals surface area contributed by atoms with E-state index >= 15 is 0 Å². The Morgan fingerprint density at radius 3 is 2.50 bits per heavy atom. The molecule has 1 aromatic carbocycles. The molecule has 1 aromatic rings. The molecule has 4 nitrogen and oxygen atoms in total. The Labute approximate surface area is 117 Å². The van der Waals surface area contributed by atoms with Gasteiger partial charge >= 0.3 is 5.97 Å². The van der Waals surface area contributed by atoms with E-state index in [1.807, 2.05) is 30.3 Å². The van der Waals surface area contributed by atoms with Gasteiger partial charge in [-0.1, -0.05) is 35.5 Å². The van der Waals surface area contributed by atoms with Gasteiger partial charge in [0, 0.05) is 5.57 Å². The quantitative estimate of drug-likeness (QED) is 0.481. The highest BCUT2D eigenvalue weighted by Crippen LogP contribution is 2.14. The van der Waals surface area contributed by atoms with Crippen LogP contribution < -0.4 is 0 Å². The van der Waals surface area contributed by atoms with Gasteiger partial charge in [-0.15, -0.1) is 0 Å². The normalized spacial score (nSPS) is 16.7. The molecule has 0 spiro atoms. The minimum atomic E-state index is -0.431. The van der Waals surface area contributed by atoms with Gasteiger partial charge in [-0.05, 0) is 37.1 Å². The average molecular weight is 269 g/mol. The lowest BCUT2D eigenvalue weighted by atomic mass is 9.97. The van der Waals surface area contributed by atoms with Gasteiger partial charge in [0.05, 0.1) is 6.42 Å². The van der Waals surface area contributed by atoms with Crippen molar-refractivity contribution in [1.82, 2.24) is 0 Å². The van der Waals surface area contributed by atoms with E-state index in [0.717, 1.165) is 11.1 Å². The van der Waals surface area contributed by atoms with E-state index in [4.69, 9.17) is 4.84 Å². The zero-order chi connectivity index (χ0) is 14.5. The summed E-state index contributed by atoms with van der Waals surface area (Å²) in [6.07, 6.45) is 3.15. The van der Waals surface area contributed by atoms with Gasteiger partial charge in [0.25, 0.3) is 0 Å². The monoisotopic (exact) mass is 269 g/mol. The molecular formula is C16H15NO3. The molecule has 0 aromatic heterocycles. The molecule has 2 rings (SSSR count). The van der Waals surface area contributed by atoms with E-state index in [9.17, 15) is 9.59 Å². The highest BCUT2D eigenvalue weighted by atomic mass is 16.7. The van der Waals surface area contributed by atoms with E-state index in [1.165, 1.54) is 6.08 Å². The zero-order valence-electron chi connectivity index (χ0n) is 11.4. The molecule has 0 unspecified atom stereocenters. The molecular weight excluding hydrogens is 254 g/mol. The molecule has 0 aliphatic heterocycles. The molecule has 1 aliphatic carbocycles. The van der Waals surface area contributed by atoms with Crippen LogP contribution in [0.4, 0.5) is 0 Å². The Hall–Kier alpha value is -2.49. The first-order chi connectivity index (χ1) is 9.58. The maximum absolute atomic E-state index is 11.7. The molecule has 0 saturated heterocycles. The molecule has 0 fully saturated rings. The molecule has 0 radical (unpaired) electrons. The molecule has 4 heteroatoms. The van der Waals surface area contributed by atoms with Gasteiger partial charge in [-0.2, -0.15) is 0 Å². The van der Waals surface area contributed by atoms with Crippen LogP contribution in [0.1, 0.15) is 19.4 Å². The van der Waals surface area contributed by atoms with Crippen LogP contribution in [0.15, 0.2) is 58.8 Å². The van der Waals surface area contributed by atoms with Gasteiger partial charge in [-0.3, -0.25) is 4.79 Å². The van der Waals surface area contributed by atoms with Gasteiger partial charge < -0.3 is 4.84 Å². The van der Waals surface area contributed by atoms with Crippen molar-refractivity contribution in [2.45, 2.75) is 20.3 Å². The highest BCUT2D eigenvalue weighted by Gasteiger charge is 2.15. The summed E-state index contributed by atoms with van der Waals surface area (Å²) >= 11 is 0. The predicted molar refractivity (Wildman–Crippen MR) is 76.2 cm³/mol. The molecule has 0 saturated carbocycles. The number of carbonyl (C=O) groups is 2. The number of carbonyl (C=O) groups excluding carboxylic acids is 2. The lowest BCUT2D eigenvalue weighted by Crippen LogP contribution is -2.13. The third-order valence-corrected chi connectivity index (χ3v) is 3.15. The summed E-state index contributed by atoms with van der Waals surface area (Å²) in [6, 6.07) is 9.31. The number of hydrogen-bond donors (Lipinski definition) is 0. The molecule has 20 heavy (non-hydrogen) atoms. The molecule has 0 bridgehead atoms. The number of allylic oxidation sites excluding steroid dienone is 4. The van der Waals surface area contributed by atoms with Crippen LogP contribution in [0, 0.1) is 0 Å². The first kappa shape index (κ1) is 13.9. The SMILES string of the molecule is CC1=C(C)C(=NOC(=O)Cc2ccccc2)C=CC1=O. The number of benzene rings is 1. The van der Waals surface area contributed by atoms with Gasteiger partial charge in [0.1, 0.15) is 5.71 Å². The maximum atomic E-state index is 11.7. The average Bonchev–Trinajstić information content (AvgIpc) is 2.45. The van der Waals surface area contributed by atoms with Crippen molar-refractivity contribution < 1.29 is 14.4 Å². The van der Waals surface area contributed by atoms with E-state index < -0.39 is 5.97 Å². The van der Waals surface area contributed by atoms with Crippen molar-refractivity contribution in [3.63, 3.8) is 0 Å². The van der Waals surface area contributed by atoms with Crippen molar-refractivity contribution in [1.29, 1.82) is 0 Å². The van der Waals surface area contributed by atoms with Gasteiger partial charge in [-0.25, -0.2) is 4.79 Å². The first-order valence-corrected chi connectivity index (χ1v) is 6.30. The molecule has 0 N–H and O–H groups in total. The second-order valence-electron chi connectivity index (χ2n) is 4.55. The van der Waals surface area contributed by atoms with Crippen LogP contribution in [-0.2, 0) is 20.8 Å². The standard InChI is InChI=1S/C16H15NO3/c1-11-12(2)15(18)9-8-14(11)17-20-16(19)10-13-6-4-3-5-7-13/h3-9H,10H2,1-2H3. The number of ketones is 1. The molecule has 1 aliphatic rings. The minimum absolute atomic E-state index is 0.0444. The summed E-state index contributed by atoms with van der Waals surface area (Å²) in [5, 5.41) is 3.82. The first-order valence-electron chi connectivity index (χ1n) is 6.30. The fourth-order valence-electron chi connectivity index (χ4n) is 1.78. The van der Waals surface area contributed by atoms with Crippen molar-refractivity contribution >= 4 is 17.5 Å². The Morgan fingerprint density at radius 1 is 1.10 bits per heavy atom. The predicted octanol–water partition coefficient (Wildman–Crippen LogP) is 2.60. The minimum Gasteiger partial charge on any atom is -0.317 e. The van der Waals surface area contributed by atoms with E-state index in [-0.39, 0.29) is 12.2 Å². The Kier molecular flexibility index (Phi) is 4.25. The Balaban J connectivity index is 2.01. The fraction of sp³-hybridized carbons (Fsp3) is 0.188. The fourth-order valence-corrected chi connectivity index (χ4v) is 1.78. The largest absolute Gasteiger partial charge is 0.339 e. The number of rotatable bonds is 3. The molecule has 0 amide bonds. The van der Waals surface area contributed by atoms with Crippen LogP contribution in [0.3, 0.4) is 0 Å². The summed E-state index contributed by atoms with van der Waals surface area (Å²) < 4.78 is 0. The lowest BCUT2D eigenvalue weighted by Gasteiger charge is -2.09. The van der Waals surface area contributed by atoms with E-state index in [2.05, 4.69) is 5.16 Å². The summed E-state index contributed by atoms with van der Waals surface area (Å²) in [6.45, 7) is 3.50. The second kappa shape index (κ2) is 6.10. The lowest BCUT2D eigenvalue weighted by molar-refractivity contribution is -0.142. The molecule has 0 heterocycles. The Morgan fingerprint density at radius 2 is 1.80 bits per heavy atom. The zero-order valence-corrected chi connectivity index (χ0v) is 11.4. The van der Waals surface area contributed by atoms with Crippen LogP contribution in [-0.4, -0.2) is 17.5 Å². The number of hydrogen-bond acceptors (Lipinski definition) is 4. The maximum Gasteiger partial charge on any atom is 0.339 e. The summed E-state index contributed by atoms with van der Waals surface area (Å²) in [4.78, 5) is 28.0. The van der Waals surface area contributed by atoms with Crippen molar-refractivity contribution in [2.75, 3.05) is 0 Å². The van der Waals surface area contributed by atoms with E-state index in [1.54, 1.807) is 19.9 Å². The van der Waals surface area contributed by atoms with Crippen molar-refractivity contribution in [3.8, 4) is 0 Å². The van der Waals surface area contributed by atoms with Crippen LogP contribution in [0.2, 0.25) is 0 Å². The molecule has 0 atom stereocenters. The van der Waals surface area contributed by atoms with Crippen molar-refractivity contribution in [2.24, 2.45) is 5.16 Å². The number of nitrogens with zero attached hydrogens (tertiary/aromatic N) is 1. The van der Waals surface area contributed by atoms with E-state index in [0.29, 0.717) is 11.3 Å². The third-order valence-electron chi connectivity index (χ3n) is 3.15. The smallest absolute Gasteiger partial charge is 0.317 e. The Bertz CT molecular complexity index is 624. The van der Waals surface area contributed by atoms with Crippen LogP contribution >= 0.6 is 0 Å². The van der Waals surface area contributed by atoms with Crippen LogP contribution in [0.25, 0.3) is 0 Å². The number of oxime groups is 1. The highest BCUT2D eigenvalue weighted by molar-refractivity contribution is 6.21. The van der Waals surface area contributed by atoms with Crippen molar-refractivity contribution in [3.05, 3.63) is 59.2 Å². The second-order valence-corrected chi connectivity index (χ2v) is 4.55. The summed E-state index contributed by atoms with van der Waals surface area (Å²) in [5.41, 5.74) is 2.72. The van der Waals surface area contributed by atoms with Crippen LogP contribution in [0.5, 0.6) is 0 Å². The molecule has 102 valence electrons. The summed E-state index contributed by atoms with van der Waals surface area (Å²) in [7, 11) is 0. The topological polar surface area (TPSA) is 55.7 Å². The van der Waals surface area contributed by atoms with Gasteiger partial charge in [0.2, 0.25) is 0 Å². The van der Waals surface area contributed by atoms with Gasteiger partial charge in [0.15, 0.2) is 5.78 Å².